The van der Waals surface area contributed by atoms with Crippen LogP contribution < -0.4 is 0 Å². The number of hydrogen-bond donors (Lipinski definition) is 0. The van der Waals surface area contributed by atoms with Crippen LogP contribution in [0.2, 0.25) is 25.7 Å². The summed E-state index contributed by atoms with van der Waals surface area (Å²) in [4.78, 5) is 20.8. The number of nitrogens with zero attached hydrogens (tertiary/aromatic N) is 3. The molecule has 0 unspecified atom stereocenters. The van der Waals surface area contributed by atoms with Crippen LogP contribution in [0.1, 0.15) is 17.3 Å². The van der Waals surface area contributed by atoms with Crippen molar-refractivity contribution in [2.24, 2.45) is 0 Å². The average Bonchev–Trinajstić information content (AvgIpc) is 2.81. The van der Waals surface area contributed by atoms with Gasteiger partial charge in [0, 0.05) is 20.9 Å². The molecular weight excluding hydrogens is 378 g/mol. The summed E-state index contributed by atoms with van der Waals surface area (Å²) >= 11 is 3.29. The lowest BCUT2D eigenvalue weighted by molar-refractivity contribution is 0.0526. The Morgan fingerprint density at radius 2 is 2.13 bits per heavy atom. The highest BCUT2D eigenvalue weighted by atomic mass is 79.9. The molecule has 0 atom stereocenters. The van der Waals surface area contributed by atoms with Gasteiger partial charge in [-0.05, 0) is 28.9 Å². The van der Waals surface area contributed by atoms with E-state index < -0.39 is 14.0 Å². The second kappa shape index (κ2) is 7.54. The summed E-state index contributed by atoms with van der Waals surface area (Å²) in [5, 5.41) is 0. The minimum atomic E-state index is -1.12. The first-order chi connectivity index (χ1) is 10.8. The van der Waals surface area contributed by atoms with Gasteiger partial charge in [-0.1, -0.05) is 19.6 Å². The summed E-state index contributed by atoms with van der Waals surface area (Å²) in [5.74, 6) is -0.397. The van der Waals surface area contributed by atoms with Gasteiger partial charge in [-0.2, -0.15) is 0 Å². The Bertz CT molecular complexity index is 697. The van der Waals surface area contributed by atoms with E-state index in [4.69, 9.17) is 9.47 Å². The number of carbonyl (C=O) groups excluding carboxylic acids is 1. The van der Waals surface area contributed by atoms with Crippen molar-refractivity contribution in [2.45, 2.75) is 39.3 Å². The highest BCUT2D eigenvalue weighted by molar-refractivity contribution is 9.10. The molecule has 6 nitrogen and oxygen atoms in total. The molecule has 0 fully saturated rings. The van der Waals surface area contributed by atoms with Gasteiger partial charge in [0.25, 0.3) is 0 Å². The van der Waals surface area contributed by atoms with Crippen molar-refractivity contribution in [3.63, 3.8) is 0 Å². The molecular formula is C15H22BrN3O3Si. The van der Waals surface area contributed by atoms with Crippen molar-refractivity contribution in [2.75, 3.05) is 13.2 Å². The largest absolute Gasteiger partial charge is 0.462 e. The number of halogens is 1. The molecule has 2 heterocycles. The molecule has 2 aromatic heterocycles. The second-order valence-electron chi connectivity index (χ2n) is 6.45. The van der Waals surface area contributed by atoms with E-state index in [2.05, 4.69) is 45.5 Å². The molecule has 0 bridgehead atoms. The number of rotatable bonds is 7. The van der Waals surface area contributed by atoms with Crippen LogP contribution in [-0.2, 0) is 16.2 Å². The molecule has 23 heavy (non-hydrogen) atoms. The zero-order valence-corrected chi connectivity index (χ0v) is 16.5. The van der Waals surface area contributed by atoms with Gasteiger partial charge in [0.1, 0.15) is 22.4 Å². The highest BCUT2D eigenvalue weighted by Crippen LogP contribution is 2.21. The van der Waals surface area contributed by atoms with Gasteiger partial charge in [-0.25, -0.2) is 14.8 Å². The van der Waals surface area contributed by atoms with E-state index in [0.29, 0.717) is 41.3 Å². The zero-order chi connectivity index (χ0) is 17.0. The fraction of sp³-hybridized carbons (Fsp3) is 0.533. The van der Waals surface area contributed by atoms with Crippen LogP contribution >= 0.6 is 15.9 Å². The Morgan fingerprint density at radius 3 is 2.78 bits per heavy atom. The lowest BCUT2D eigenvalue weighted by Gasteiger charge is -2.15. The fourth-order valence-corrected chi connectivity index (χ4v) is 3.06. The van der Waals surface area contributed by atoms with Gasteiger partial charge in [0.05, 0.1) is 12.8 Å². The first-order valence-corrected chi connectivity index (χ1v) is 12.1. The lowest BCUT2D eigenvalue weighted by Crippen LogP contribution is -2.22. The molecule has 2 rings (SSSR count). The predicted molar refractivity (Wildman–Crippen MR) is 95.3 cm³/mol. The van der Waals surface area contributed by atoms with E-state index in [1.165, 1.54) is 0 Å². The van der Waals surface area contributed by atoms with Crippen LogP contribution in [0.25, 0.3) is 11.2 Å². The fourth-order valence-electron chi connectivity index (χ4n) is 2.03. The smallest absolute Gasteiger partial charge is 0.341 e. The molecule has 0 aliphatic carbocycles. The van der Waals surface area contributed by atoms with E-state index in [9.17, 15) is 4.79 Å². The molecule has 0 radical (unpaired) electrons. The lowest BCUT2D eigenvalue weighted by atomic mass is 10.3. The van der Waals surface area contributed by atoms with Crippen molar-refractivity contribution in [1.29, 1.82) is 0 Å². The zero-order valence-electron chi connectivity index (χ0n) is 13.9. The molecule has 0 saturated carbocycles. The third-order valence-corrected chi connectivity index (χ3v) is 5.34. The number of hydrogen-bond acceptors (Lipinski definition) is 5. The molecule has 126 valence electrons. The van der Waals surface area contributed by atoms with Crippen LogP contribution in [0.5, 0.6) is 0 Å². The molecule has 0 saturated heterocycles. The molecule has 0 aliphatic heterocycles. The maximum absolute atomic E-state index is 12.1. The number of fused-ring (bicyclic) bond motifs is 1. The van der Waals surface area contributed by atoms with Crippen LogP contribution in [-0.4, -0.2) is 41.8 Å². The first kappa shape index (κ1) is 18.1. The van der Waals surface area contributed by atoms with E-state index in [0.717, 1.165) is 6.04 Å². The predicted octanol–water partition coefficient (Wildman–Crippen LogP) is 3.68. The van der Waals surface area contributed by atoms with Crippen molar-refractivity contribution < 1.29 is 14.3 Å². The normalized spacial score (nSPS) is 11.9. The third kappa shape index (κ3) is 4.86. The Labute approximate surface area is 145 Å². The van der Waals surface area contributed by atoms with Gasteiger partial charge >= 0.3 is 5.97 Å². The molecule has 0 aliphatic rings. The van der Waals surface area contributed by atoms with Crippen LogP contribution in [0.4, 0.5) is 0 Å². The van der Waals surface area contributed by atoms with Crippen LogP contribution in [0, 0.1) is 0 Å². The summed E-state index contributed by atoms with van der Waals surface area (Å²) < 4.78 is 13.2. The van der Waals surface area contributed by atoms with E-state index >= 15 is 0 Å². The van der Waals surface area contributed by atoms with Crippen LogP contribution in [0.15, 0.2) is 17.0 Å². The Hall–Kier alpha value is -1.25. The van der Waals surface area contributed by atoms with Crippen molar-refractivity contribution >= 4 is 41.1 Å². The molecule has 8 heteroatoms. The molecule has 0 N–H and O–H groups in total. The number of esters is 1. The summed E-state index contributed by atoms with van der Waals surface area (Å²) in [7, 11) is -1.12. The number of carbonyl (C=O) groups is 1. The Kier molecular flexibility index (Phi) is 5.93. The first-order valence-electron chi connectivity index (χ1n) is 7.58. The molecule has 0 spiro atoms. The standard InChI is InChI=1S/C15H22BrN3O3Si/c1-5-22-15(20)11-9-19(10-21-6-7-23(2,3)4)14-13(11)18-12(16)8-17-14/h8-9H,5-7,10H2,1-4H3. The van der Waals surface area contributed by atoms with E-state index in [1.807, 2.05) is 0 Å². The Morgan fingerprint density at radius 1 is 1.39 bits per heavy atom. The Balaban J connectivity index is 2.21. The van der Waals surface area contributed by atoms with E-state index in [-0.39, 0.29) is 0 Å². The molecule has 0 aromatic carbocycles. The van der Waals surface area contributed by atoms with Crippen LogP contribution in [0.3, 0.4) is 0 Å². The minimum Gasteiger partial charge on any atom is -0.462 e. The second-order valence-corrected chi connectivity index (χ2v) is 12.9. The maximum Gasteiger partial charge on any atom is 0.341 e. The van der Waals surface area contributed by atoms with Crippen molar-refractivity contribution in [1.82, 2.24) is 14.5 Å². The SMILES string of the molecule is CCOC(=O)c1cn(COCC[Si](C)(C)C)c2ncc(Br)nc12. The van der Waals surface area contributed by atoms with Gasteiger partial charge in [-0.3, -0.25) is 0 Å². The highest BCUT2D eigenvalue weighted by Gasteiger charge is 2.19. The third-order valence-electron chi connectivity index (χ3n) is 3.26. The molecule has 2 aromatic rings. The number of ether oxygens (including phenoxy) is 2. The van der Waals surface area contributed by atoms with Gasteiger partial charge < -0.3 is 14.0 Å². The summed E-state index contributed by atoms with van der Waals surface area (Å²) in [6.45, 7) is 10.1. The van der Waals surface area contributed by atoms with Crippen molar-refractivity contribution in [3.05, 3.63) is 22.6 Å². The average molecular weight is 400 g/mol. The number of aromatic nitrogens is 3. The molecule has 0 amide bonds. The van der Waals surface area contributed by atoms with Gasteiger partial charge in [0.2, 0.25) is 0 Å². The monoisotopic (exact) mass is 399 g/mol. The maximum atomic E-state index is 12.1. The summed E-state index contributed by atoms with van der Waals surface area (Å²) in [5.41, 5.74) is 1.54. The topological polar surface area (TPSA) is 66.2 Å². The van der Waals surface area contributed by atoms with Gasteiger partial charge in [0.15, 0.2) is 5.65 Å². The summed E-state index contributed by atoms with van der Waals surface area (Å²) in [6, 6.07) is 1.09. The minimum absolute atomic E-state index is 0.319. The van der Waals surface area contributed by atoms with E-state index in [1.54, 1.807) is 23.9 Å². The summed E-state index contributed by atoms with van der Waals surface area (Å²) in [6.07, 6.45) is 3.31. The van der Waals surface area contributed by atoms with Gasteiger partial charge in [-0.15, -0.1) is 0 Å². The van der Waals surface area contributed by atoms with Crippen molar-refractivity contribution in [3.8, 4) is 0 Å². The quantitative estimate of drug-likeness (QED) is 0.403.